The molecule has 0 spiro atoms. The van der Waals surface area contributed by atoms with Gasteiger partial charge in [0.2, 0.25) is 0 Å². The van der Waals surface area contributed by atoms with Crippen LogP contribution < -0.4 is 5.73 Å². The minimum absolute atomic E-state index is 0.129. The maximum atomic E-state index is 6.32. The second-order valence-electron chi connectivity index (χ2n) is 4.93. The molecule has 0 radical (unpaired) electrons. The molecule has 19 heavy (non-hydrogen) atoms. The Bertz CT molecular complexity index is 575. The van der Waals surface area contributed by atoms with Crippen LogP contribution in [0.2, 0.25) is 5.02 Å². The lowest BCUT2D eigenvalue weighted by Gasteiger charge is -2.16. The lowest BCUT2D eigenvalue weighted by molar-refractivity contribution is 0.568. The average molecular weight is 278 g/mol. The first kappa shape index (κ1) is 14.1. The molecule has 3 nitrogen and oxygen atoms in total. The molecule has 1 aromatic heterocycles. The van der Waals surface area contributed by atoms with Crippen LogP contribution in [-0.4, -0.2) is 9.78 Å². The summed E-state index contributed by atoms with van der Waals surface area (Å²) in [4.78, 5) is 0. The third-order valence-electron chi connectivity index (χ3n) is 3.43. The highest BCUT2D eigenvalue weighted by Gasteiger charge is 2.17. The van der Waals surface area contributed by atoms with E-state index in [1.165, 1.54) is 16.7 Å². The lowest BCUT2D eigenvalue weighted by Crippen LogP contribution is -2.19. The van der Waals surface area contributed by atoms with Gasteiger partial charge in [-0.3, -0.25) is 4.68 Å². The molecule has 0 bridgehead atoms. The van der Waals surface area contributed by atoms with E-state index in [-0.39, 0.29) is 6.04 Å². The van der Waals surface area contributed by atoms with Crippen LogP contribution in [0.4, 0.5) is 0 Å². The summed E-state index contributed by atoms with van der Waals surface area (Å²) in [6, 6.07) is 6.31. The first-order valence-corrected chi connectivity index (χ1v) is 6.93. The molecule has 1 atom stereocenters. The molecule has 0 saturated carbocycles. The average Bonchev–Trinajstić information content (AvgIpc) is 2.75. The van der Waals surface area contributed by atoms with Crippen molar-refractivity contribution < 1.29 is 0 Å². The molecule has 1 unspecified atom stereocenters. The van der Waals surface area contributed by atoms with E-state index in [2.05, 4.69) is 37.1 Å². The summed E-state index contributed by atoms with van der Waals surface area (Å²) < 4.78 is 1.87. The molecule has 0 amide bonds. The van der Waals surface area contributed by atoms with Gasteiger partial charge in [0, 0.05) is 6.54 Å². The van der Waals surface area contributed by atoms with Crippen LogP contribution in [0.3, 0.4) is 0 Å². The second-order valence-corrected chi connectivity index (χ2v) is 5.34. The molecule has 0 saturated heterocycles. The summed E-state index contributed by atoms with van der Waals surface area (Å²) >= 11 is 6.19. The summed E-state index contributed by atoms with van der Waals surface area (Å²) in [6.07, 6.45) is 2.45. The van der Waals surface area contributed by atoms with Crippen LogP contribution in [0.5, 0.6) is 0 Å². The molecular weight excluding hydrogens is 258 g/mol. The highest BCUT2D eigenvalue weighted by molar-refractivity contribution is 6.31. The van der Waals surface area contributed by atoms with Gasteiger partial charge < -0.3 is 5.73 Å². The SMILES string of the molecule is CCn1ncc(Cl)c1C(N)Cc1cc(C)ccc1C. The Morgan fingerprint density at radius 2 is 2.11 bits per heavy atom. The molecule has 1 heterocycles. The predicted molar refractivity (Wildman–Crippen MR) is 79.5 cm³/mol. The topological polar surface area (TPSA) is 43.8 Å². The third kappa shape index (κ3) is 2.99. The Morgan fingerprint density at radius 1 is 1.37 bits per heavy atom. The standard InChI is InChI=1S/C15H20ClN3/c1-4-19-15(13(16)9-18-19)14(17)8-12-7-10(2)5-6-11(12)3/h5-7,9,14H,4,8,17H2,1-3H3. The number of hydrogen-bond donors (Lipinski definition) is 1. The van der Waals surface area contributed by atoms with Crippen molar-refractivity contribution in [1.29, 1.82) is 0 Å². The Morgan fingerprint density at radius 3 is 2.79 bits per heavy atom. The van der Waals surface area contributed by atoms with Crippen molar-refractivity contribution in [2.24, 2.45) is 5.73 Å². The van der Waals surface area contributed by atoms with Gasteiger partial charge in [-0.1, -0.05) is 35.4 Å². The van der Waals surface area contributed by atoms with Gasteiger partial charge in [0.15, 0.2) is 0 Å². The normalized spacial score (nSPS) is 12.7. The van der Waals surface area contributed by atoms with Crippen LogP contribution in [0.15, 0.2) is 24.4 Å². The largest absolute Gasteiger partial charge is 0.322 e. The zero-order valence-corrected chi connectivity index (χ0v) is 12.4. The van der Waals surface area contributed by atoms with E-state index in [1.807, 2.05) is 11.6 Å². The van der Waals surface area contributed by atoms with Crippen LogP contribution in [0, 0.1) is 13.8 Å². The zero-order valence-electron chi connectivity index (χ0n) is 11.7. The quantitative estimate of drug-likeness (QED) is 0.931. The smallest absolute Gasteiger partial charge is 0.0834 e. The summed E-state index contributed by atoms with van der Waals surface area (Å²) in [7, 11) is 0. The van der Waals surface area contributed by atoms with Gasteiger partial charge in [0.25, 0.3) is 0 Å². The predicted octanol–water partition coefficient (Wildman–Crippen LogP) is 3.42. The third-order valence-corrected chi connectivity index (χ3v) is 3.72. The van der Waals surface area contributed by atoms with Crippen molar-refractivity contribution in [2.45, 2.75) is 39.8 Å². The Hall–Kier alpha value is -1.32. The van der Waals surface area contributed by atoms with Gasteiger partial charge in [0.05, 0.1) is 23.0 Å². The molecule has 0 fully saturated rings. The molecule has 4 heteroatoms. The van der Waals surface area contributed by atoms with Gasteiger partial charge in [0.1, 0.15) is 0 Å². The van der Waals surface area contributed by atoms with Crippen molar-refractivity contribution in [3.63, 3.8) is 0 Å². The van der Waals surface area contributed by atoms with Crippen LogP contribution in [0.25, 0.3) is 0 Å². The van der Waals surface area contributed by atoms with E-state index in [0.29, 0.717) is 5.02 Å². The van der Waals surface area contributed by atoms with E-state index in [0.717, 1.165) is 18.7 Å². The Balaban J connectivity index is 2.27. The van der Waals surface area contributed by atoms with Crippen LogP contribution >= 0.6 is 11.6 Å². The maximum absolute atomic E-state index is 6.32. The van der Waals surface area contributed by atoms with Crippen molar-refractivity contribution in [1.82, 2.24) is 9.78 Å². The second kappa shape index (κ2) is 5.76. The Labute approximate surface area is 119 Å². The first-order chi connectivity index (χ1) is 9.02. The number of nitrogens with two attached hydrogens (primary N) is 1. The lowest BCUT2D eigenvalue weighted by atomic mass is 9.98. The molecule has 2 aromatic rings. The van der Waals surface area contributed by atoms with Crippen molar-refractivity contribution in [2.75, 3.05) is 0 Å². The van der Waals surface area contributed by atoms with E-state index in [9.17, 15) is 0 Å². The van der Waals surface area contributed by atoms with Crippen molar-refractivity contribution in [3.8, 4) is 0 Å². The zero-order chi connectivity index (χ0) is 14.0. The van der Waals surface area contributed by atoms with Crippen LogP contribution in [0.1, 0.15) is 35.3 Å². The van der Waals surface area contributed by atoms with E-state index < -0.39 is 0 Å². The minimum atomic E-state index is -0.129. The Kier molecular flexibility index (Phi) is 4.27. The van der Waals surface area contributed by atoms with E-state index >= 15 is 0 Å². The fourth-order valence-corrected chi connectivity index (χ4v) is 2.63. The number of benzene rings is 1. The fraction of sp³-hybridized carbons (Fsp3) is 0.400. The number of hydrogen-bond acceptors (Lipinski definition) is 2. The molecule has 0 aliphatic carbocycles. The molecule has 0 aliphatic heterocycles. The maximum Gasteiger partial charge on any atom is 0.0834 e. The van der Waals surface area contributed by atoms with Gasteiger partial charge in [-0.25, -0.2) is 0 Å². The van der Waals surface area contributed by atoms with Gasteiger partial charge >= 0.3 is 0 Å². The summed E-state index contributed by atoms with van der Waals surface area (Å²) in [6.45, 7) is 7.03. The summed E-state index contributed by atoms with van der Waals surface area (Å²) in [5, 5.41) is 4.89. The molecule has 1 aromatic carbocycles. The monoisotopic (exact) mass is 277 g/mol. The van der Waals surface area contributed by atoms with Crippen LogP contribution in [-0.2, 0) is 13.0 Å². The van der Waals surface area contributed by atoms with Gasteiger partial charge in [-0.2, -0.15) is 5.10 Å². The first-order valence-electron chi connectivity index (χ1n) is 6.55. The van der Waals surface area contributed by atoms with Gasteiger partial charge in [-0.05, 0) is 38.3 Å². The van der Waals surface area contributed by atoms with Crippen molar-refractivity contribution >= 4 is 11.6 Å². The number of nitrogens with zero attached hydrogens (tertiary/aromatic N) is 2. The molecular formula is C15H20ClN3. The molecule has 2 N–H and O–H groups in total. The number of aromatic nitrogens is 2. The number of halogens is 1. The summed E-state index contributed by atoms with van der Waals surface area (Å²) in [5.41, 5.74) is 11.0. The minimum Gasteiger partial charge on any atom is -0.322 e. The van der Waals surface area contributed by atoms with Crippen molar-refractivity contribution in [3.05, 3.63) is 51.8 Å². The number of rotatable bonds is 4. The number of aryl methyl sites for hydroxylation is 3. The fourth-order valence-electron chi connectivity index (χ4n) is 2.35. The molecule has 102 valence electrons. The molecule has 0 aliphatic rings. The van der Waals surface area contributed by atoms with E-state index in [4.69, 9.17) is 17.3 Å². The molecule has 2 rings (SSSR count). The highest BCUT2D eigenvalue weighted by Crippen LogP contribution is 2.25. The summed E-state index contributed by atoms with van der Waals surface area (Å²) in [5.74, 6) is 0. The van der Waals surface area contributed by atoms with E-state index in [1.54, 1.807) is 6.20 Å². The van der Waals surface area contributed by atoms with Gasteiger partial charge in [-0.15, -0.1) is 0 Å². The highest BCUT2D eigenvalue weighted by atomic mass is 35.5.